The van der Waals surface area contributed by atoms with Crippen LogP contribution in [0.1, 0.15) is 51.6 Å². The van der Waals surface area contributed by atoms with E-state index in [2.05, 4.69) is 68.4 Å². The molecule has 2 nitrogen and oxygen atoms in total. The summed E-state index contributed by atoms with van der Waals surface area (Å²) in [4.78, 5) is 2.73. The molecule has 2 rings (SSSR count). The Morgan fingerprint density at radius 1 is 1.14 bits per heavy atom. The molecule has 0 amide bonds. The first-order valence-electron chi connectivity index (χ1n) is 8.58. The monoisotopic (exact) mass is 288 g/mol. The molecule has 2 heteroatoms. The van der Waals surface area contributed by atoms with Crippen LogP contribution >= 0.6 is 0 Å². The summed E-state index contributed by atoms with van der Waals surface area (Å²) in [7, 11) is 2.09. The van der Waals surface area contributed by atoms with E-state index in [9.17, 15) is 0 Å². The van der Waals surface area contributed by atoms with Gasteiger partial charge in [0, 0.05) is 18.6 Å². The van der Waals surface area contributed by atoms with Crippen LogP contribution in [0.2, 0.25) is 0 Å². The summed E-state index contributed by atoms with van der Waals surface area (Å²) < 4.78 is 0. The van der Waals surface area contributed by atoms with Gasteiger partial charge in [0.2, 0.25) is 0 Å². The zero-order chi connectivity index (χ0) is 15.2. The summed E-state index contributed by atoms with van der Waals surface area (Å²) in [6.45, 7) is 9.51. The molecule has 0 aliphatic heterocycles. The van der Waals surface area contributed by atoms with Crippen molar-refractivity contribution >= 4 is 0 Å². The summed E-state index contributed by atoms with van der Waals surface area (Å²) in [6.07, 6.45) is 4.12. The number of hydrogen-bond donors (Lipinski definition) is 1. The maximum Gasteiger partial charge on any atom is 0.0355 e. The van der Waals surface area contributed by atoms with E-state index in [0.29, 0.717) is 12.0 Å². The molecular formula is C19H32N2. The molecule has 0 aromatic heterocycles. The summed E-state index contributed by atoms with van der Waals surface area (Å²) in [6, 6.07) is 12.2. The third-order valence-electron chi connectivity index (χ3n) is 4.62. The van der Waals surface area contributed by atoms with Gasteiger partial charge >= 0.3 is 0 Å². The van der Waals surface area contributed by atoms with Crippen LogP contribution in [0.3, 0.4) is 0 Å². The smallest absolute Gasteiger partial charge is 0.0355 e. The van der Waals surface area contributed by atoms with Gasteiger partial charge in [-0.25, -0.2) is 0 Å². The van der Waals surface area contributed by atoms with Crippen molar-refractivity contribution in [3.05, 3.63) is 35.9 Å². The average Bonchev–Trinajstić information content (AvgIpc) is 3.30. The largest absolute Gasteiger partial charge is 0.313 e. The highest BCUT2D eigenvalue weighted by atomic mass is 15.2. The first-order chi connectivity index (χ1) is 10.1. The van der Waals surface area contributed by atoms with Crippen LogP contribution in [0, 0.1) is 11.8 Å². The molecule has 1 fully saturated rings. The Kier molecular flexibility index (Phi) is 6.25. The van der Waals surface area contributed by atoms with Crippen LogP contribution in [0.5, 0.6) is 0 Å². The van der Waals surface area contributed by atoms with Gasteiger partial charge in [0.25, 0.3) is 0 Å². The molecule has 118 valence electrons. The van der Waals surface area contributed by atoms with Gasteiger partial charge in [0.15, 0.2) is 0 Å². The van der Waals surface area contributed by atoms with Gasteiger partial charge in [0.1, 0.15) is 0 Å². The molecule has 0 saturated heterocycles. The van der Waals surface area contributed by atoms with Crippen molar-refractivity contribution in [1.29, 1.82) is 0 Å². The quantitative estimate of drug-likeness (QED) is 0.736. The van der Waals surface area contributed by atoms with Gasteiger partial charge in [-0.15, -0.1) is 0 Å². The second kappa shape index (κ2) is 7.95. The Bertz CT molecular complexity index is 397. The maximum atomic E-state index is 3.52. The lowest BCUT2D eigenvalue weighted by Gasteiger charge is -2.31. The number of nitrogens with one attached hydrogen (secondary N) is 1. The molecule has 0 radical (unpaired) electrons. The van der Waals surface area contributed by atoms with Crippen LogP contribution in [0.15, 0.2) is 30.3 Å². The standard InChI is InChI=1S/C19H32N2/c1-15(2)12-13-21(18-10-11-18)14-16(3)19(20-4)17-8-6-5-7-9-17/h5-9,15-16,18-20H,10-14H2,1-4H3. The SMILES string of the molecule is CNC(c1ccccc1)C(C)CN(CCC(C)C)C1CC1. The van der Waals surface area contributed by atoms with Crippen LogP contribution in [0.25, 0.3) is 0 Å². The molecule has 0 spiro atoms. The van der Waals surface area contributed by atoms with Crippen molar-refractivity contribution in [1.82, 2.24) is 10.2 Å². The fraction of sp³-hybridized carbons (Fsp3) is 0.684. The van der Waals surface area contributed by atoms with E-state index in [4.69, 9.17) is 0 Å². The highest BCUT2D eigenvalue weighted by molar-refractivity contribution is 5.19. The third kappa shape index (κ3) is 5.12. The van der Waals surface area contributed by atoms with Gasteiger partial charge < -0.3 is 10.2 Å². The lowest BCUT2D eigenvalue weighted by atomic mass is 9.94. The first-order valence-corrected chi connectivity index (χ1v) is 8.58. The minimum absolute atomic E-state index is 0.450. The van der Waals surface area contributed by atoms with Gasteiger partial charge in [0.05, 0.1) is 0 Å². The highest BCUT2D eigenvalue weighted by Gasteiger charge is 2.31. The number of benzene rings is 1. The summed E-state index contributed by atoms with van der Waals surface area (Å²) in [5.41, 5.74) is 1.41. The Morgan fingerprint density at radius 3 is 2.33 bits per heavy atom. The lowest BCUT2D eigenvalue weighted by Crippen LogP contribution is -2.37. The van der Waals surface area contributed by atoms with E-state index in [1.165, 1.54) is 37.9 Å². The van der Waals surface area contributed by atoms with Gasteiger partial charge in [-0.05, 0) is 50.3 Å². The Hall–Kier alpha value is -0.860. The molecule has 0 heterocycles. The van der Waals surface area contributed by atoms with Gasteiger partial charge in [-0.3, -0.25) is 0 Å². The second-order valence-corrected chi connectivity index (χ2v) is 7.06. The average molecular weight is 288 g/mol. The molecule has 21 heavy (non-hydrogen) atoms. The van der Waals surface area contributed by atoms with Crippen molar-refractivity contribution in [2.45, 2.75) is 52.1 Å². The Balaban J connectivity index is 1.94. The van der Waals surface area contributed by atoms with E-state index in [1.807, 2.05) is 0 Å². The highest BCUT2D eigenvalue weighted by Crippen LogP contribution is 2.30. The Labute approximate surface area is 130 Å². The van der Waals surface area contributed by atoms with Gasteiger partial charge in [-0.2, -0.15) is 0 Å². The van der Waals surface area contributed by atoms with Crippen molar-refractivity contribution in [3.8, 4) is 0 Å². The fourth-order valence-electron chi connectivity index (χ4n) is 3.20. The Morgan fingerprint density at radius 2 is 1.81 bits per heavy atom. The van der Waals surface area contributed by atoms with Crippen LogP contribution in [-0.4, -0.2) is 31.1 Å². The second-order valence-electron chi connectivity index (χ2n) is 7.06. The van der Waals surface area contributed by atoms with Crippen molar-refractivity contribution < 1.29 is 0 Å². The molecular weight excluding hydrogens is 256 g/mol. The molecule has 1 N–H and O–H groups in total. The lowest BCUT2D eigenvalue weighted by molar-refractivity contribution is 0.196. The van der Waals surface area contributed by atoms with Crippen LogP contribution in [-0.2, 0) is 0 Å². The van der Waals surface area contributed by atoms with Crippen molar-refractivity contribution in [2.75, 3.05) is 20.1 Å². The summed E-state index contributed by atoms with van der Waals surface area (Å²) in [5.74, 6) is 1.43. The summed E-state index contributed by atoms with van der Waals surface area (Å²) >= 11 is 0. The number of nitrogens with zero attached hydrogens (tertiary/aromatic N) is 1. The molecule has 2 atom stereocenters. The summed E-state index contributed by atoms with van der Waals surface area (Å²) in [5, 5.41) is 3.52. The van der Waals surface area contributed by atoms with E-state index in [1.54, 1.807) is 0 Å². The molecule has 1 aromatic rings. The minimum atomic E-state index is 0.450. The molecule has 1 aliphatic carbocycles. The minimum Gasteiger partial charge on any atom is -0.313 e. The van der Waals surface area contributed by atoms with E-state index in [-0.39, 0.29) is 0 Å². The molecule has 0 bridgehead atoms. The van der Waals surface area contributed by atoms with Crippen molar-refractivity contribution in [2.24, 2.45) is 11.8 Å². The third-order valence-corrected chi connectivity index (χ3v) is 4.62. The topological polar surface area (TPSA) is 15.3 Å². The van der Waals surface area contributed by atoms with E-state index < -0.39 is 0 Å². The number of rotatable bonds is 9. The molecule has 1 saturated carbocycles. The zero-order valence-corrected chi connectivity index (χ0v) is 14.2. The fourth-order valence-corrected chi connectivity index (χ4v) is 3.20. The van der Waals surface area contributed by atoms with Crippen LogP contribution in [0.4, 0.5) is 0 Å². The maximum absolute atomic E-state index is 3.52. The first kappa shape index (κ1) is 16.5. The predicted molar refractivity (Wildman–Crippen MR) is 91.5 cm³/mol. The molecule has 2 unspecified atom stereocenters. The van der Waals surface area contributed by atoms with E-state index in [0.717, 1.165) is 12.0 Å². The predicted octanol–water partition coefficient (Wildman–Crippen LogP) is 4.09. The van der Waals surface area contributed by atoms with Crippen LogP contribution < -0.4 is 5.32 Å². The van der Waals surface area contributed by atoms with E-state index >= 15 is 0 Å². The number of hydrogen-bond acceptors (Lipinski definition) is 2. The molecule has 1 aromatic carbocycles. The zero-order valence-electron chi connectivity index (χ0n) is 14.2. The van der Waals surface area contributed by atoms with Gasteiger partial charge in [-0.1, -0.05) is 51.1 Å². The normalized spacial score (nSPS) is 18.2. The van der Waals surface area contributed by atoms with Crippen molar-refractivity contribution in [3.63, 3.8) is 0 Å². The molecule has 1 aliphatic rings.